The van der Waals surface area contributed by atoms with Crippen LogP contribution >= 0.6 is 0 Å². The smallest absolute Gasteiger partial charge is 0.416 e. The minimum absolute atomic E-state index is 0.171. The zero-order chi connectivity index (χ0) is 24.2. The predicted molar refractivity (Wildman–Crippen MR) is 113 cm³/mol. The van der Waals surface area contributed by atoms with Crippen molar-refractivity contribution >= 4 is 11.8 Å². The van der Waals surface area contributed by atoms with Gasteiger partial charge in [-0.1, -0.05) is 35.9 Å². The molecule has 33 heavy (non-hydrogen) atoms. The van der Waals surface area contributed by atoms with Crippen LogP contribution in [-0.4, -0.2) is 45.4 Å². The van der Waals surface area contributed by atoms with Gasteiger partial charge in [-0.2, -0.15) is 13.2 Å². The van der Waals surface area contributed by atoms with Crippen molar-refractivity contribution in [2.75, 3.05) is 13.6 Å². The third-order valence-corrected chi connectivity index (χ3v) is 4.91. The number of aromatic hydroxyl groups is 1. The van der Waals surface area contributed by atoms with Crippen LogP contribution in [0.4, 0.5) is 13.2 Å². The van der Waals surface area contributed by atoms with E-state index in [4.69, 9.17) is 0 Å². The predicted octanol–water partition coefficient (Wildman–Crippen LogP) is 2.77. The normalized spacial score (nSPS) is 13.4. The van der Waals surface area contributed by atoms with Crippen LogP contribution in [0.3, 0.4) is 0 Å². The summed E-state index contributed by atoms with van der Waals surface area (Å²) < 4.78 is 38.5. The van der Waals surface area contributed by atoms with Crippen LogP contribution in [0, 0.1) is 0 Å². The number of nitrogens with zero attached hydrogens (tertiary/aromatic N) is 2. The molecule has 0 bridgehead atoms. The Kier molecular flexibility index (Phi) is 7.00. The number of rotatable bonds is 6. The largest absolute Gasteiger partial charge is 0.501 e. The molecule has 11 heteroatoms. The first kappa shape index (κ1) is 23.8. The monoisotopic (exact) mass is 462 g/mol. The van der Waals surface area contributed by atoms with Gasteiger partial charge in [0.1, 0.15) is 0 Å². The molecule has 3 N–H and O–H groups in total. The van der Waals surface area contributed by atoms with Crippen molar-refractivity contribution in [1.29, 1.82) is 0 Å². The summed E-state index contributed by atoms with van der Waals surface area (Å²) in [4.78, 5) is 44.4. The average molecular weight is 462 g/mol. The number of likely N-dealkylation sites (N-methyl/N-ethyl adjacent to an activating group) is 1. The van der Waals surface area contributed by atoms with Crippen molar-refractivity contribution in [1.82, 2.24) is 20.2 Å². The van der Waals surface area contributed by atoms with Gasteiger partial charge in [-0.25, -0.2) is 4.98 Å². The number of halogens is 3. The van der Waals surface area contributed by atoms with E-state index in [1.54, 1.807) is 0 Å². The summed E-state index contributed by atoms with van der Waals surface area (Å²) in [5.41, 5.74) is -1.42. The molecule has 0 radical (unpaired) electrons. The Hall–Kier alpha value is -3.89. The van der Waals surface area contributed by atoms with Gasteiger partial charge in [-0.3, -0.25) is 19.4 Å². The molecule has 2 amide bonds. The molecular weight excluding hydrogens is 441 g/mol. The fourth-order valence-corrected chi connectivity index (χ4v) is 3.19. The number of hydrogen-bond donors (Lipinski definition) is 3. The van der Waals surface area contributed by atoms with Crippen molar-refractivity contribution in [3.63, 3.8) is 0 Å². The number of allylic oxidation sites excluding steroid dienone is 3. The standard InChI is InChI=1S/C22H21F3N4O4/c1-29(12-13-6-3-2-4-7-13)21(33)16-17(30)19(31)28-18(27-16)20(32)26-11-14-8-5-9-15(10-14)22(23,24)25/h2-3,5-6,8-10,30H,4,7,11-12H2,1H3,(H,26,32)(H,27,28,31). The van der Waals surface area contributed by atoms with E-state index in [9.17, 15) is 32.7 Å². The summed E-state index contributed by atoms with van der Waals surface area (Å²) in [6, 6.07) is 4.38. The summed E-state index contributed by atoms with van der Waals surface area (Å²) in [6.07, 6.45) is 2.78. The maximum absolute atomic E-state index is 12.8. The lowest BCUT2D eigenvalue weighted by Crippen LogP contribution is -2.33. The van der Waals surface area contributed by atoms with Crippen molar-refractivity contribution < 1.29 is 27.9 Å². The molecule has 0 saturated carbocycles. The maximum atomic E-state index is 12.8. The number of hydrogen-bond acceptors (Lipinski definition) is 5. The highest BCUT2D eigenvalue weighted by atomic mass is 19.4. The molecule has 3 rings (SSSR count). The van der Waals surface area contributed by atoms with Gasteiger partial charge in [-0.15, -0.1) is 0 Å². The Morgan fingerprint density at radius 2 is 2.06 bits per heavy atom. The Morgan fingerprint density at radius 1 is 1.30 bits per heavy atom. The Labute approximate surface area is 186 Å². The number of alkyl halides is 3. The second kappa shape index (κ2) is 9.72. The highest BCUT2D eigenvalue weighted by Crippen LogP contribution is 2.29. The Balaban J connectivity index is 1.75. The topological polar surface area (TPSA) is 115 Å². The third kappa shape index (κ3) is 5.88. The van der Waals surface area contributed by atoms with E-state index < -0.39 is 46.4 Å². The van der Waals surface area contributed by atoms with E-state index in [1.165, 1.54) is 24.1 Å². The van der Waals surface area contributed by atoms with Gasteiger partial charge < -0.3 is 15.3 Å². The molecule has 0 aliphatic heterocycles. The highest BCUT2D eigenvalue weighted by Gasteiger charge is 2.30. The number of carbonyl (C=O) groups is 2. The van der Waals surface area contributed by atoms with Crippen LogP contribution in [-0.2, 0) is 12.7 Å². The van der Waals surface area contributed by atoms with Gasteiger partial charge in [0.05, 0.1) is 5.56 Å². The van der Waals surface area contributed by atoms with Gasteiger partial charge in [0.15, 0.2) is 11.5 Å². The SMILES string of the molecule is CN(CC1=CC=CCC1)C(=O)c1nc(C(=O)NCc2cccc(C(F)(F)F)c2)[nH]c(=O)c1O. The highest BCUT2D eigenvalue weighted by molar-refractivity contribution is 5.97. The van der Waals surface area contributed by atoms with Gasteiger partial charge in [0.2, 0.25) is 5.75 Å². The molecule has 2 aromatic rings. The van der Waals surface area contributed by atoms with Crippen molar-refractivity contribution in [3.8, 4) is 5.75 Å². The second-order valence-electron chi connectivity index (χ2n) is 7.45. The molecule has 1 heterocycles. The Bertz CT molecular complexity index is 1180. The molecule has 1 aliphatic carbocycles. The van der Waals surface area contributed by atoms with E-state index in [1.807, 2.05) is 18.2 Å². The van der Waals surface area contributed by atoms with E-state index in [0.717, 1.165) is 30.5 Å². The van der Waals surface area contributed by atoms with Crippen molar-refractivity contribution in [2.45, 2.75) is 25.6 Å². The van der Waals surface area contributed by atoms with Gasteiger partial charge >= 0.3 is 6.18 Å². The molecule has 0 unspecified atom stereocenters. The first-order chi connectivity index (χ1) is 15.6. The lowest BCUT2D eigenvalue weighted by molar-refractivity contribution is -0.137. The summed E-state index contributed by atoms with van der Waals surface area (Å²) in [5.74, 6) is -3.18. The zero-order valence-electron chi connectivity index (χ0n) is 17.6. The molecule has 0 atom stereocenters. The molecule has 8 nitrogen and oxygen atoms in total. The number of benzene rings is 1. The fraction of sp³-hybridized carbons (Fsp3) is 0.273. The number of aromatic nitrogens is 2. The lowest BCUT2D eigenvalue weighted by atomic mass is 10.0. The lowest BCUT2D eigenvalue weighted by Gasteiger charge is -2.20. The van der Waals surface area contributed by atoms with Gasteiger partial charge in [0.25, 0.3) is 17.4 Å². The van der Waals surface area contributed by atoms with Crippen LogP contribution in [0.25, 0.3) is 0 Å². The van der Waals surface area contributed by atoms with E-state index in [2.05, 4.69) is 15.3 Å². The van der Waals surface area contributed by atoms with E-state index in [-0.39, 0.29) is 18.7 Å². The van der Waals surface area contributed by atoms with Crippen molar-refractivity contribution in [3.05, 3.63) is 81.1 Å². The van der Waals surface area contributed by atoms with Crippen molar-refractivity contribution in [2.24, 2.45) is 0 Å². The van der Waals surface area contributed by atoms with E-state index in [0.29, 0.717) is 0 Å². The molecule has 0 spiro atoms. The van der Waals surface area contributed by atoms with Crippen LogP contribution in [0.15, 0.2) is 52.9 Å². The molecule has 1 aliphatic rings. The van der Waals surface area contributed by atoms with Crippen LogP contribution in [0.2, 0.25) is 0 Å². The quantitative estimate of drug-likeness (QED) is 0.611. The number of nitrogens with one attached hydrogen (secondary N) is 2. The van der Waals surface area contributed by atoms with Gasteiger partial charge in [0, 0.05) is 20.1 Å². The molecule has 1 aromatic heterocycles. The minimum Gasteiger partial charge on any atom is -0.501 e. The summed E-state index contributed by atoms with van der Waals surface area (Å²) in [6.45, 7) is -0.0354. The summed E-state index contributed by atoms with van der Waals surface area (Å²) in [7, 11) is 1.47. The van der Waals surface area contributed by atoms with Crippen LogP contribution < -0.4 is 10.9 Å². The number of amides is 2. The Morgan fingerprint density at radius 3 is 2.73 bits per heavy atom. The molecule has 0 saturated heterocycles. The molecule has 174 valence electrons. The zero-order valence-corrected chi connectivity index (χ0v) is 17.6. The summed E-state index contributed by atoms with van der Waals surface area (Å²) >= 11 is 0. The molecular formula is C22H21F3N4O4. The first-order valence-corrected chi connectivity index (χ1v) is 9.94. The van der Waals surface area contributed by atoms with Crippen LogP contribution in [0.5, 0.6) is 5.75 Å². The summed E-state index contributed by atoms with van der Waals surface area (Å²) in [5, 5.41) is 12.4. The number of H-pyrrole nitrogens is 1. The first-order valence-electron chi connectivity index (χ1n) is 9.94. The second-order valence-corrected chi connectivity index (χ2v) is 7.45. The number of aromatic amines is 1. The molecule has 0 fully saturated rings. The maximum Gasteiger partial charge on any atom is 0.416 e. The number of carbonyl (C=O) groups excluding carboxylic acids is 2. The average Bonchev–Trinajstić information content (AvgIpc) is 2.79. The third-order valence-electron chi connectivity index (χ3n) is 4.91. The van der Waals surface area contributed by atoms with E-state index >= 15 is 0 Å². The minimum atomic E-state index is -4.53. The fourth-order valence-electron chi connectivity index (χ4n) is 3.19. The molecule has 1 aromatic carbocycles. The van der Waals surface area contributed by atoms with Crippen LogP contribution in [0.1, 0.15) is 45.1 Å². The van der Waals surface area contributed by atoms with Gasteiger partial charge in [-0.05, 0) is 30.5 Å².